The molecule has 42 valence electrons. The van der Waals surface area contributed by atoms with E-state index in [0.717, 1.165) is 12.8 Å². The highest BCUT2D eigenvalue weighted by atomic mass is 16.5. The molecular weight excluding hydrogens is 92.1 g/mol. The molecular formula is C4H10N2O. The molecule has 0 saturated heterocycles. The number of nitrogens with one attached hydrogen (secondary N) is 1. The molecule has 3 heteroatoms. The van der Waals surface area contributed by atoms with E-state index in [1.807, 2.05) is 0 Å². The Morgan fingerprint density at radius 2 is 2.29 bits per heavy atom. The molecule has 0 unspecified atom stereocenters. The summed E-state index contributed by atoms with van der Waals surface area (Å²) < 4.78 is 0. The lowest BCUT2D eigenvalue weighted by Crippen LogP contribution is -2.35. The summed E-state index contributed by atoms with van der Waals surface area (Å²) in [6.45, 7) is 0.545. The van der Waals surface area contributed by atoms with Crippen molar-refractivity contribution in [3.05, 3.63) is 0 Å². The zero-order valence-electron chi connectivity index (χ0n) is 4.15. The van der Waals surface area contributed by atoms with Gasteiger partial charge in [0.2, 0.25) is 0 Å². The highest BCUT2D eigenvalue weighted by molar-refractivity contribution is 5.00. The van der Waals surface area contributed by atoms with Gasteiger partial charge in [0, 0.05) is 6.54 Å². The summed E-state index contributed by atoms with van der Waals surface area (Å²) in [6.07, 6.45) is 2.03. The van der Waals surface area contributed by atoms with Crippen LogP contribution in [0.4, 0.5) is 0 Å². The van der Waals surface area contributed by atoms with Gasteiger partial charge >= 0.3 is 0 Å². The monoisotopic (exact) mass is 102 g/mol. The van der Waals surface area contributed by atoms with Gasteiger partial charge in [-0.1, -0.05) is 0 Å². The standard InChI is InChI=1S/C4H10N2O/c5-3-4(6-7)1-2-4/h6-7H,1-3,5H2. The molecule has 1 aliphatic rings. The lowest BCUT2D eigenvalue weighted by molar-refractivity contribution is 0.118. The van der Waals surface area contributed by atoms with Gasteiger partial charge in [0.15, 0.2) is 0 Å². The van der Waals surface area contributed by atoms with Gasteiger partial charge < -0.3 is 10.9 Å². The minimum Gasteiger partial charge on any atom is -0.329 e. The SMILES string of the molecule is NCC1(NO)CC1. The Hall–Kier alpha value is -0.120. The van der Waals surface area contributed by atoms with Crippen LogP contribution in [-0.2, 0) is 0 Å². The van der Waals surface area contributed by atoms with E-state index in [0.29, 0.717) is 6.54 Å². The summed E-state index contributed by atoms with van der Waals surface area (Å²) >= 11 is 0. The van der Waals surface area contributed by atoms with Crippen LogP contribution in [-0.4, -0.2) is 17.3 Å². The highest BCUT2D eigenvalue weighted by Gasteiger charge is 2.40. The molecule has 0 amide bonds. The van der Waals surface area contributed by atoms with Crippen LogP contribution in [0.3, 0.4) is 0 Å². The maximum Gasteiger partial charge on any atom is 0.0553 e. The van der Waals surface area contributed by atoms with Gasteiger partial charge in [0.05, 0.1) is 5.54 Å². The number of hydrogen-bond acceptors (Lipinski definition) is 3. The molecule has 4 N–H and O–H groups in total. The van der Waals surface area contributed by atoms with E-state index in [1.165, 1.54) is 0 Å². The predicted octanol–water partition coefficient (Wildman–Crippen LogP) is -0.544. The Morgan fingerprint density at radius 1 is 1.71 bits per heavy atom. The quantitative estimate of drug-likeness (QED) is 0.410. The number of nitrogens with two attached hydrogens (primary N) is 1. The van der Waals surface area contributed by atoms with E-state index in [1.54, 1.807) is 0 Å². The van der Waals surface area contributed by atoms with Gasteiger partial charge in [-0.2, -0.15) is 5.48 Å². The van der Waals surface area contributed by atoms with Crippen molar-refractivity contribution in [3.8, 4) is 0 Å². The third-order valence-electron chi connectivity index (χ3n) is 1.48. The topological polar surface area (TPSA) is 58.3 Å². The van der Waals surface area contributed by atoms with Crippen molar-refractivity contribution < 1.29 is 5.21 Å². The molecule has 0 aromatic carbocycles. The van der Waals surface area contributed by atoms with Crippen molar-refractivity contribution in [2.24, 2.45) is 5.73 Å². The van der Waals surface area contributed by atoms with Gasteiger partial charge in [-0.15, -0.1) is 0 Å². The summed E-state index contributed by atoms with van der Waals surface area (Å²) in [5.74, 6) is 0. The zero-order chi connectivity index (χ0) is 5.33. The highest BCUT2D eigenvalue weighted by Crippen LogP contribution is 2.32. The lowest BCUT2D eigenvalue weighted by atomic mass is 10.3. The summed E-state index contributed by atoms with van der Waals surface area (Å²) in [6, 6.07) is 0. The Balaban J connectivity index is 2.28. The van der Waals surface area contributed by atoms with Crippen LogP contribution in [0.5, 0.6) is 0 Å². The van der Waals surface area contributed by atoms with Crippen molar-refractivity contribution in [3.63, 3.8) is 0 Å². The maximum atomic E-state index is 8.33. The molecule has 0 bridgehead atoms. The second-order valence-corrected chi connectivity index (χ2v) is 2.10. The van der Waals surface area contributed by atoms with Gasteiger partial charge in [-0.3, -0.25) is 0 Å². The van der Waals surface area contributed by atoms with Crippen molar-refractivity contribution in [1.29, 1.82) is 0 Å². The smallest absolute Gasteiger partial charge is 0.0553 e. The van der Waals surface area contributed by atoms with Gasteiger partial charge in [-0.25, -0.2) is 0 Å². The molecule has 0 aliphatic heterocycles. The average molecular weight is 102 g/mol. The molecule has 0 aromatic rings. The fourth-order valence-electron chi connectivity index (χ4n) is 0.512. The van der Waals surface area contributed by atoms with Crippen LogP contribution in [0.2, 0.25) is 0 Å². The summed E-state index contributed by atoms with van der Waals surface area (Å²) in [4.78, 5) is 0. The second kappa shape index (κ2) is 1.43. The Labute approximate surface area is 42.5 Å². The van der Waals surface area contributed by atoms with Crippen molar-refractivity contribution in [2.45, 2.75) is 18.4 Å². The molecule has 0 atom stereocenters. The molecule has 3 nitrogen and oxygen atoms in total. The third kappa shape index (κ3) is 0.748. The van der Waals surface area contributed by atoms with E-state index < -0.39 is 0 Å². The first-order valence-corrected chi connectivity index (χ1v) is 2.44. The van der Waals surface area contributed by atoms with Gasteiger partial charge in [-0.05, 0) is 12.8 Å². The van der Waals surface area contributed by atoms with Crippen LogP contribution in [0.25, 0.3) is 0 Å². The van der Waals surface area contributed by atoms with E-state index in [9.17, 15) is 0 Å². The predicted molar refractivity (Wildman–Crippen MR) is 25.9 cm³/mol. The zero-order valence-corrected chi connectivity index (χ0v) is 4.15. The number of rotatable bonds is 2. The second-order valence-electron chi connectivity index (χ2n) is 2.10. The molecule has 0 radical (unpaired) electrons. The van der Waals surface area contributed by atoms with E-state index in [-0.39, 0.29) is 5.54 Å². The fraction of sp³-hybridized carbons (Fsp3) is 1.00. The fourth-order valence-corrected chi connectivity index (χ4v) is 0.512. The molecule has 1 fully saturated rings. The van der Waals surface area contributed by atoms with Crippen molar-refractivity contribution >= 4 is 0 Å². The minimum absolute atomic E-state index is 0.0833. The Morgan fingerprint density at radius 3 is 2.29 bits per heavy atom. The number of hydroxylamine groups is 1. The molecule has 7 heavy (non-hydrogen) atoms. The van der Waals surface area contributed by atoms with Crippen LogP contribution >= 0.6 is 0 Å². The van der Waals surface area contributed by atoms with Crippen LogP contribution < -0.4 is 11.2 Å². The van der Waals surface area contributed by atoms with E-state index in [2.05, 4.69) is 5.48 Å². The molecule has 0 heterocycles. The first-order chi connectivity index (χ1) is 3.33. The Bertz CT molecular complexity index is 64.1. The third-order valence-corrected chi connectivity index (χ3v) is 1.48. The maximum absolute atomic E-state index is 8.33. The largest absolute Gasteiger partial charge is 0.329 e. The summed E-state index contributed by atoms with van der Waals surface area (Å²) in [5, 5.41) is 8.33. The first-order valence-electron chi connectivity index (χ1n) is 2.44. The van der Waals surface area contributed by atoms with Crippen LogP contribution in [0.15, 0.2) is 0 Å². The summed E-state index contributed by atoms with van der Waals surface area (Å²) in [7, 11) is 0. The van der Waals surface area contributed by atoms with Gasteiger partial charge in [0.1, 0.15) is 0 Å². The molecule has 1 aliphatic carbocycles. The minimum atomic E-state index is -0.0833. The number of hydrogen-bond donors (Lipinski definition) is 3. The lowest BCUT2D eigenvalue weighted by Gasteiger charge is -2.06. The Kier molecular flexibility index (Phi) is 1.03. The van der Waals surface area contributed by atoms with Gasteiger partial charge in [0.25, 0.3) is 0 Å². The van der Waals surface area contributed by atoms with Crippen molar-refractivity contribution in [2.75, 3.05) is 6.54 Å². The average Bonchev–Trinajstić information content (AvgIpc) is 2.46. The molecule has 0 aromatic heterocycles. The normalized spacial score (nSPS) is 24.9. The van der Waals surface area contributed by atoms with E-state index in [4.69, 9.17) is 10.9 Å². The van der Waals surface area contributed by atoms with Crippen LogP contribution in [0, 0.1) is 0 Å². The molecule has 1 rings (SSSR count). The molecule has 1 saturated carbocycles. The molecule has 0 spiro atoms. The first kappa shape index (κ1) is 5.03. The van der Waals surface area contributed by atoms with Crippen molar-refractivity contribution in [1.82, 2.24) is 5.48 Å². The summed E-state index contributed by atoms with van der Waals surface area (Å²) in [5.41, 5.74) is 7.35. The van der Waals surface area contributed by atoms with Crippen LogP contribution in [0.1, 0.15) is 12.8 Å². The van der Waals surface area contributed by atoms with E-state index >= 15 is 0 Å².